The number of fused-ring (bicyclic) bond motifs is 1. The Bertz CT molecular complexity index is 1000. The van der Waals surface area contributed by atoms with E-state index in [1.54, 1.807) is 6.08 Å². The van der Waals surface area contributed by atoms with Crippen molar-refractivity contribution in [2.45, 2.75) is 0 Å². The van der Waals surface area contributed by atoms with Crippen LogP contribution in [0.1, 0.15) is 5.56 Å². The molecule has 0 aliphatic carbocycles. The Morgan fingerprint density at radius 2 is 2.00 bits per heavy atom. The number of carbonyl (C=O) groups is 1. The van der Waals surface area contributed by atoms with Gasteiger partial charge in [-0.2, -0.15) is 0 Å². The first-order valence-electron chi connectivity index (χ1n) is 8.95. The summed E-state index contributed by atoms with van der Waals surface area (Å²) in [6, 6.07) is 6.18. The lowest BCUT2D eigenvalue weighted by Crippen LogP contribution is -2.44. The fraction of sp³-hybridized carbons (Fsp3) is 0.250. The zero-order valence-corrected chi connectivity index (χ0v) is 15.2. The van der Waals surface area contributed by atoms with Crippen molar-refractivity contribution in [1.82, 2.24) is 19.9 Å². The van der Waals surface area contributed by atoms with Gasteiger partial charge in [-0.15, -0.1) is 0 Å². The smallest absolute Gasteiger partial charge is 0.241 e. The molecule has 138 valence electrons. The standard InChI is InChI=1S/C20H22N6O/c1-25-6-8-26(9-7-25)19-11-14(4-5-22-19)16-10-17-15(2-3-18(21)27)12-23-20(17)24-13-16/h2-5,10-13H,6-9H2,1H3,(H2,21,27)(H,23,24). The van der Waals surface area contributed by atoms with Crippen LogP contribution in [-0.2, 0) is 4.79 Å². The highest BCUT2D eigenvalue weighted by Gasteiger charge is 2.16. The van der Waals surface area contributed by atoms with Crippen molar-refractivity contribution in [3.05, 3.63) is 48.4 Å². The quantitative estimate of drug-likeness (QED) is 0.692. The topological polar surface area (TPSA) is 91.1 Å². The number of nitrogens with two attached hydrogens (primary N) is 1. The number of amides is 1. The number of pyridine rings is 2. The summed E-state index contributed by atoms with van der Waals surface area (Å²) in [5, 5.41) is 0.947. The molecule has 3 N–H and O–H groups in total. The first-order chi connectivity index (χ1) is 13.1. The molecular formula is C20H22N6O. The van der Waals surface area contributed by atoms with Crippen molar-refractivity contribution in [2.24, 2.45) is 5.73 Å². The number of hydrogen-bond acceptors (Lipinski definition) is 5. The van der Waals surface area contributed by atoms with Crippen molar-refractivity contribution in [1.29, 1.82) is 0 Å². The second-order valence-electron chi connectivity index (χ2n) is 6.79. The lowest BCUT2D eigenvalue weighted by molar-refractivity contribution is -0.113. The van der Waals surface area contributed by atoms with Crippen LogP contribution in [0.5, 0.6) is 0 Å². The predicted octanol–water partition coefficient (Wildman–Crippen LogP) is 1.88. The molecular weight excluding hydrogens is 340 g/mol. The van der Waals surface area contributed by atoms with Crippen LogP contribution >= 0.6 is 0 Å². The third-order valence-corrected chi connectivity index (χ3v) is 4.90. The molecule has 0 spiro atoms. The maximum Gasteiger partial charge on any atom is 0.241 e. The summed E-state index contributed by atoms with van der Waals surface area (Å²) in [5.41, 5.74) is 8.94. The van der Waals surface area contributed by atoms with Gasteiger partial charge in [-0.05, 0) is 36.9 Å². The molecule has 0 aromatic carbocycles. The minimum atomic E-state index is -0.473. The molecule has 4 heterocycles. The van der Waals surface area contributed by atoms with Gasteiger partial charge >= 0.3 is 0 Å². The first-order valence-corrected chi connectivity index (χ1v) is 8.95. The van der Waals surface area contributed by atoms with Crippen molar-refractivity contribution < 1.29 is 4.79 Å². The molecule has 3 aromatic rings. The zero-order chi connectivity index (χ0) is 18.8. The number of rotatable bonds is 4. The fourth-order valence-electron chi connectivity index (χ4n) is 3.30. The molecule has 1 aliphatic heterocycles. The number of nitrogens with one attached hydrogen (secondary N) is 1. The van der Waals surface area contributed by atoms with Crippen LogP contribution < -0.4 is 10.6 Å². The van der Waals surface area contributed by atoms with E-state index >= 15 is 0 Å². The molecule has 1 fully saturated rings. The van der Waals surface area contributed by atoms with Crippen LogP contribution in [0, 0.1) is 0 Å². The maximum atomic E-state index is 11.0. The van der Waals surface area contributed by atoms with E-state index in [2.05, 4.69) is 43.9 Å². The lowest BCUT2D eigenvalue weighted by atomic mass is 10.1. The molecule has 1 amide bonds. The van der Waals surface area contributed by atoms with E-state index in [4.69, 9.17) is 5.73 Å². The third-order valence-electron chi connectivity index (χ3n) is 4.90. The lowest BCUT2D eigenvalue weighted by Gasteiger charge is -2.33. The van der Waals surface area contributed by atoms with Gasteiger partial charge in [0.2, 0.25) is 5.91 Å². The van der Waals surface area contributed by atoms with Crippen molar-refractivity contribution in [3.8, 4) is 11.1 Å². The highest BCUT2D eigenvalue weighted by molar-refractivity contribution is 5.95. The molecule has 7 nitrogen and oxygen atoms in total. The Morgan fingerprint density at radius 3 is 2.78 bits per heavy atom. The Morgan fingerprint density at radius 1 is 1.19 bits per heavy atom. The van der Waals surface area contributed by atoms with E-state index in [0.717, 1.165) is 59.7 Å². The molecule has 3 aromatic heterocycles. The Balaban J connectivity index is 1.67. The number of primary amides is 1. The van der Waals surface area contributed by atoms with E-state index in [1.807, 2.05) is 24.7 Å². The van der Waals surface area contributed by atoms with Gasteiger partial charge in [0, 0.05) is 67.4 Å². The summed E-state index contributed by atoms with van der Waals surface area (Å²) < 4.78 is 0. The van der Waals surface area contributed by atoms with Crippen molar-refractivity contribution >= 4 is 28.8 Å². The van der Waals surface area contributed by atoms with E-state index < -0.39 is 5.91 Å². The van der Waals surface area contributed by atoms with Crippen LogP contribution in [0.2, 0.25) is 0 Å². The molecule has 0 saturated carbocycles. The average Bonchev–Trinajstić information content (AvgIpc) is 3.09. The van der Waals surface area contributed by atoms with Crippen LogP contribution in [0.15, 0.2) is 42.9 Å². The van der Waals surface area contributed by atoms with Gasteiger partial charge in [0.05, 0.1) is 0 Å². The van der Waals surface area contributed by atoms with E-state index in [-0.39, 0.29) is 0 Å². The third kappa shape index (κ3) is 3.68. The predicted molar refractivity (Wildman–Crippen MR) is 107 cm³/mol. The van der Waals surface area contributed by atoms with Gasteiger partial charge in [0.1, 0.15) is 11.5 Å². The molecule has 1 aliphatic rings. The largest absolute Gasteiger partial charge is 0.366 e. The van der Waals surface area contributed by atoms with Gasteiger partial charge in [-0.3, -0.25) is 4.79 Å². The monoisotopic (exact) mass is 362 g/mol. The molecule has 4 rings (SSSR count). The number of aromatic amines is 1. The molecule has 27 heavy (non-hydrogen) atoms. The summed E-state index contributed by atoms with van der Waals surface area (Å²) in [6.45, 7) is 4.03. The minimum Gasteiger partial charge on any atom is -0.366 e. The van der Waals surface area contributed by atoms with Gasteiger partial charge < -0.3 is 20.5 Å². The van der Waals surface area contributed by atoms with Gasteiger partial charge in [-0.1, -0.05) is 0 Å². The summed E-state index contributed by atoms with van der Waals surface area (Å²) in [7, 11) is 2.14. The van der Waals surface area contributed by atoms with Crippen LogP contribution in [0.4, 0.5) is 5.82 Å². The summed E-state index contributed by atoms with van der Waals surface area (Å²) >= 11 is 0. The SMILES string of the molecule is CN1CCN(c2cc(-c3cnc4[nH]cc(C=CC(N)=O)c4c3)ccn2)CC1. The fourth-order valence-corrected chi connectivity index (χ4v) is 3.30. The highest BCUT2D eigenvalue weighted by Crippen LogP contribution is 2.27. The van der Waals surface area contributed by atoms with Crippen LogP contribution in [0.25, 0.3) is 28.2 Å². The van der Waals surface area contributed by atoms with Gasteiger partial charge in [0.15, 0.2) is 0 Å². The summed E-state index contributed by atoms with van der Waals surface area (Å²) in [4.78, 5) is 27.8. The summed E-state index contributed by atoms with van der Waals surface area (Å²) in [5.74, 6) is 0.517. The highest BCUT2D eigenvalue weighted by atomic mass is 16.1. The number of likely N-dealkylation sites (N-methyl/N-ethyl adjacent to an activating group) is 1. The van der Waals surface area contributed by atoms with E-state index in [9.17, 15) is 4.79 Å². The normalized spacial score (nSPS) is 15.7. The second kappa shape index (κ2) is 7.20. The van der Waals surface area contributed by atoms with Crippen molar-refractivity contribution in [3.63, 3.8) is 0 Å². The van der Waals surface area contributed by atoms with Gasteiger partial charge in [0.25, 0.3) is 0 Å². The number of carbonyl (C=O) groups excluding carboxylic acids is 1. The number of aromatic nitrogens is 3. The number of H-pyrrole nitrogens is 1. The number of anilines is 1. The Labute approximate surface area is 157 Å². The summed E-state index contributed by atoms with van der Waals surface area (Å²) in [6.07, 6.45) is 8.58. The molecule has 7 heteroatoms. The molecule has 1 saturated heterocycles. The molecule has 0 bridgehead atoms. The number of nitrogens with zero attached hydrogens (tertiary/aromatic N) is 4. The van der Waals surface area contributed by atoms with Gasteiger partial charge in [-0.25, -0.2) is 9.97 Å². The first kappa shape index (κ1) is 17.2. The van der Waals surface area contributed by atoms with Crippen molar-refractivity contribution in [2.75, 3.05) is 38.1 Å². The number of hydrogen-bond donors (Lipinski definition) is 2. The van der Waals surface area contributed by atoms with E-state index in [1.165, 1.54) is 6.08 Å². The maximum absolute atomic E-state index is 11.0. The average molecular weight is 362 g/mol. The molecule has 0 radical (unpaired) electrons. The Kier molecular flexibility index (Phi) is 4.60. The zero-order valence-electron chi connectivity index (χ0n) is 15.2. The number of piperazine rings is 1. The molecule has 0 atom stereocenters. The Hall–Kier alpha value is -3.19. The second-order valence-corrected chi connectivity index (χ2v) is 6.79. The van der Waals surface area contributed by atoms with E-state index in [0.29, 0.717) is 0 Å². The van der Waals surface area contributed by atoms with Crippen LogP contribution in [0.3, 0.4) is 0 Å². The molecule has 0 unspecified atom stereocenters. The minimum absolute atomic E-state index is 0.473. The van der Waals surface area contributed by atoms with Crippen LogP contribution in [-0.4, -0.2) is 59.0 Å².